The summed E-state index contributed by atoms with van der Waals surface area (Å²) in [6, 6.07) is 17.3. The highest BCUT2D eigenvalue weighted by molar-refractivity contribution is 5.92. The quantitative estimate of drug-likeness (QED) is 0.828. The van der Waals surface area contributed by atoms with Crippen LogP contribution in [0.1, 0.15) is 12.8 Å². The van der Waals surface area contributed by atoms with Crippen LogP contribution in [0.3, 0.4) is 0 Å². The van der Waals surface area contributed by atoms with Crippen LogP contribution < -0.4 is 14.8 Å². The number of amides is 1. The lowest BCUT2D eigenvalue weighted by molar-refractivity contribution is -0.121. The molecule has 0 spiro atoms. The van der Waals surface area contributed by atoms with E-state index in [0.717, 1.165) is 49.7 Å². The van der Waals surface area contributed by atoms with Gasteiger partial charge in [0.05, 0.1) is 7.11 Å². The maximum atomic E-state index is 12.4. The summed E-state index contributed by atoms with van der Waals surface area (Å²) < 4.78 is 10.9. The van der Waals surface area contributed by atoms with Crippen LogP contribution in [0.15, 0.2) is 54.6 Å². The van der Waals surface area contributed by atoms with Gasteiger partial charge in [-0.1, -0.05) is 18.2 Å². The van der Waals surface area contributed by atoms with Gasteiger partial charge in [-0.05, 0) is 62.3 Å². The molecule has 2 aromatic carbocycles. The van der Waals surface area contributed by atoms with Crippen LogP contribution in [0.2, 0.25) is 0 Å². The van der Waals surface area contributed by atoms with Crippen molar-refractivity contribution in [1.82, 2.24) is 4.90 Å². The summed E-state index contributed by atoms with van der Waals surface area (Å²) in [5.41, 5.74) is 0.868. The zero-order chi connectivity index (χ0) is 18.2. The fourth-order valence-corrected chi connectivity index (χ4v) is 3.15. The SMILES string of the molecule is COc1ccc(OCCN2CCC(C(=O)Nc3ccccc3)CC2)cc1. The number of nitrogens with one attached hydrogen (secondary N) is 1. The van der Waals surface area contributed by atoms with Crippen molar-refractivity contribution >= 4 is 11.6 Å². The minimum atomic E-state index is 0.0916. The second-order valence-corrected chi connectivity index (χ2v) is 6.50. The largest absolute Gasteiger partial charge is 0.497 e. The number of carbonyl (C=O) groups is 1. The Morgan fingerprint density at radius 3 is 2.35 bits per heavy atom. The molecular weight excluding hydrogens is 328 g/mol. The van der Waals surface area contributed by atoms with Crippen molar-refractivity contribution in [3.63, 3.8) is 0 Å². The van der Waals surface area contributed by atoms with Gasteiger partial charge >= 0.3 is 0 Å². The molecule has 1 amide bonds. The number of nitrogens with zero attached hydrogens (tertiary/aromatic N) is 1. The van der Waals surface area contributed by atoms with Gasteiger partial charge < -0.3 is 14.8 Å². The smallest absolute Gasteiger partial charge is 0.227 e. The molecule has 1 aliphatic rings. The zero-order valence-electron chi connectivity index (χ0n) is 15.2. The number of benzene rings is 2. The molecule has 0 bridgehead atoms. The van der Waals surface area contributed by atoms with Crippen LogP contribution in [0.25, 0.3) is 0 Å². The minimum absolute atomic E-state index is 0.0916. The third-order valence-electron chi connectivity index (χ3n) is 4.74. The topological polar surface area (TPSA) is 50.8 Å². The average molecular weight is 354 g/mol. The van der Waals surface area contributed by atoms with Crippen molar-refractivity contribution in [3.8, 4) is 11.5 Å². The molecule has 0 unspecified atom stereocenters. The normalized spacial score (nSPS) is 15.4. The predicted molar refractivity (Wildman–Crippen MR) is 103 cm³/mol. The first-order valence-corrected chi connectivity index (χ1v) is 9.10. The Balaban J connectivity index is 1.36. The standard InChI is InChI=1S/C21H26N2O3/c1-25-19-7-9-20(10-8-19)26-16-15-23-13-11-17(12-14-23)21(24)22-18-5-3-2-4-6-18/h2-10,17H,11-16H2,1H3,(H,22,24). The molecule has 1 heterocycles. The van der Waals surface area contributed by atoms with Gasteiger partial charge in [0.15, 0.2) is 0 Å². The Labute approximate surface area is 154 Å². The molecule has 1 aliphatic heterocycles. The molecule has 0 saturated carbocycles. The molecule has 1 fully saturated rings. The first kappa shape index (κ1) is 18.3. The lowest BCUT2D eigenvalue weighted by Crippen LogP contribution is -2.39. The number of anilines is 1. The molecule has 1 N–H and O–H groups in total. The number of methoxy groups -OCH3 is 1. The van der Waals surface area contributed by atoms with Crippen molar-refractivity contribution in [2.24, 2.45) is 5.92 Å². The van der Waals surface area contributed by atoms with E-state index in [1.54, 1.807) is 7.11 Å². The van der Waals surface area contributed by atoms with E-state index in [-0.39, 0.29) is 11.8 Å². The average Bonchev–Trinajstić information content (AvgIpc) is 2.70. The first-order chi connectivity index (χ1) is 12.7. The van der Waals surface area contributed by atoms with Crippen molar-refractivity contribution < 1.29 is 14.3 Å². The number of hydrogen-bond acceptors (Lipinski definition) is 4. The Bertz CT molecular complexity index is 680. The van der Waals surface area contributed by atoms with Gasteiger partial charge in [-0.15, -0.1) is 0 Å². The van der Waals surface area contributed by atoms with Crippen LogP contribution in [0.4, 0.5) is 5.69 Å². The van der Waals surface area contributed by atoms with E-state index in [0.29, 0.717) is 6.61 Å². The van der Waals surface area contributed by atoms with Crippen LogP contribution >= 0.6 is 0 Å². The summed E-state index contributed by atoms with van der Waals surface area (Å²) in [4.78, 5) is 14.7. The van der Waals surface area contributed by atoms with E-state index in [2.05, 4.69) is 10.2 Å². The Morgan fingerprint density at radius 1 is 1.04 bits per heavy atom. The van der Waals surface area contributed by atoms with Crippen LogP contribution in [0, 0.1) is 5.92 Å². The van der Waals surface area contributed by atoms with Crippen LogP contribution in [-0.4, -0.2) is 44.2 Å². The molecular formula is C21H26N2O3. The molecule has 0 radical (unpaired) electrons. The van der Waals surface area contributed by atoms with Gasteiger partial charge in [0.1, 0.15) is 18.1 Å². The summed E-state index contributed by atoms with van der Waals surface area (Å²) in [5, 5.41) is 3.01. The van der Waals surface area contributed by atoms with Gasteiger partial charge in [0.2, 0.25) is 5.91 Å². The highest BCUT2D eigenvalue weighted by atomic mass is 16.5. The summed E-state index contributed by atoms with van der Waals surface area (Å²) in [5.74, 6) is 1.90. The number of carbonyl (C=O) groups excluding carboxylic acids is 1. The summed E-state index contributed by atoms with van der Waals surface area (Å²) in [7, 11) is 1.65. The van der Waals surface area contributed by atoms with Crippen molar-refractivity contribution in [3.05, 3.63) is 54.6 Å². The van der Waals surface area contributed by atoms with Crippen molar-refractivity contribution in [2.75, 3.05) is 38.7 Å². The predicted octanol–water partition coefficient (Wildman–Crippen LogP) is 3.42. The molecule has 3 rings (SSSR count). The minimum Gasteiger partial charge on any atom is -0.497 e. The first-order valence-electron chi connectivity index (χ1n) is 9.10. The Morgan fingerprint density at radius 2 is 1.69 bits per heavy atom. The van der Waals surface area contributed by atoms with E-state index in [1.165, 1.54) is 0 Å². The zero-order valence-corrected chi connectivity index (χ0v) is 15.2. The maximum Gasteiger partial charge on any atom is 0.227 e. The monoisotopic (exact) mass is 354 g/mol. The van der Waals surface area contributed by atoms with Crippen molar-refractivity contribution in [1.29, 1.82) is 0 Å². The lowest BCUT2D eigenvalue weighted by atomic mass is 9.96. The van der Waals surface area contributed by atoms with E-state index in [4.69, 9.17) is 9.47 Å². The van der Waals surface area contributed by atoms with E-state index in [9.17, 15) is 4.79 Å². The maximum absolute atomic E-state index is 12.4. The van der Waals surface area contributed by atoms with Crippen molar-refractivity contribution in [2.45, 2.75) is 12.8 Å². The summed E-state index contributed by atoms with van der Waals surface area (Å²) in [6.45, 7) is 3.38. The number of hydrogen-bond donors (Lipinski definition) is 1. The van der Waals surface area contributed by atoms with Gasteiger partial charge in [-0.2, -0.15) is 0 Å². The number of para-hydroxylation sites is 1. The molecule has 5 nitrogen and oxygen atoms in total. The van der Waals surface area contributed by atoms with Gasteiger partial charge in [-0.25, -0.2) is 0 Å². The summed E-state index contributed by atoms with van der Waals surface area (Å²) in [6.07, 6.45) is 1.78. The Kier molecular flexibility index (Phi) is 6.50. The van der Waals surface area contributed by atoms with Crippen LogP contribution in [-0.2, 0) is 4.79 Å². The number of piperidine rings is 1. The number of rotatable bonds is 7. The van der Waals surface area contributed by atoms with Crippen LogP contribution in [0.5, 0.6) is 11.5 Å². The molecule has 26 heavy (non-hydrogen) atoms. The molecule has 0 aliphatic carbocycles. The molecule has 0 atom stereocenters. The lowest BCUT2D eigenvalue weighted by Gasteiger charge is -2.31. The number of likely N-dealkylation sites (tertiary alicyclic amines) is 1. The van der Waals surface area contributed by atoms with Gasteiger partial charge in [0.25, 0.3) is 0 Å². The summed E-state index contributed by atoms with van der Waals surface area (Å²) >= 11 is 0. The highest BCUT2D eigenvalue weighted by Crippen LogP contribution is 2.20. The molecule has 1 saturated heterocycles. The van der Waals surface area contributed by atoms with E-state index < -0.39 is 0 Å². The Hall–Kier alpha value is -2.53. The highest BCUT2D eigenvalue weighted by Gasteiger charge is 2.24. The van der Waals surface area contributed by atoms with E-state index >= 15 is 0 Å². The van der Waals surface area contributed by atoms with E-state index in [1.807, 2.05) is 54.6 Å². The molecule has 138 valence electrons. The third-order valence-corrected chi connectivity index (χ3v) is 4.74. The number of ether oxygens (including phenoxy) is 2. The second-order valence-electron chi connectivity index (χ2n) is 6.50. The fourth-order valence-electron chi connectivity index (χ4n) is 3.15. The fraction of sp³-hybridized carbons (Fsp3) is 0.381. The van der Waals surface area contributed by atoms with Gasteiger partial charge in [-0.3, -0.25) is 9.69 Å². The third kappa shape index (κ3) is 5.23. The second kappa shape index (κ2) is 9.25. The molecule has 5 heteroatoms. The molecule has 0 aromatic heterocycles. The molecule has 2 aromatic rings. The van der Waals surface area contributed by atoms with Gasteiger partial charge in [0, 0.05) is 18.2 Å².